The first kappa shape index (κ1) is 13.3. The molecular weight excluding hydrogens is 252 g/mol. The van der Waals surface area contributed by atoms with Crippen molar-refractivity contribution in [3.63, 3.8) is 0 Å². The second-order valence-electron chi connectivity index (χ2n) is 4.16. The van der Waals surface area contributed by atoms with Crippen LogP contribution in [0.2, 0.25) is 0 Å². The van der Waals surface area contributed by atoms with Crippen LogP contribution in [0.1, 0.15) is 23.8 Å². The molecule has 100 valence electrons. The maximum atomic E-state index is 13.8. The Morgan fingerprint density at radius 2 is 2.00 bits per heavy atom. The predicted octanol–water partition coefficient (Wildman–Crippen LogP) is 3.54. The molecule has 0 saturated carbocycles. The number of hydrogen-bond acceptors (Lipinski definition) is 1. The van der Waals surface area contributed by atoms with E-state index >= 15 is 0 Å². The van der Waals surface area contributed by atoms with E-state index in [1.54, 1.807) is 0 Å². The summed E-state index contributed by atoms with van der Waals surface area (Å²) in [6, 6.07) is 6.77. The minimum absolute atomic E-state index is 0.0699. The Bertz CT molecular complexity index is 620. The fourth-order valence-electron chi connectivity index (χ4n) is 2.06. The van der Waals surface area contributed by atoms with Crippen molar-refractivity contribution in [1.82, 2.24) is 4.57 Å². The van der Waals surface area contributed by atoms with Gasteiger partial charge in [0.1, 0.15) is 5.69 Å². The van der Waals surface area contributed by atoms with Crippen molar-refractivity contribution in [3.05, 3.63) is 47.7 Å². The summed E-state index contributed by atoms with van der Waals surface area (Å²) in [4.78, 5) is 11.1. The molecule has 0 unspecified atom stereocenters. The number of carboxylic acids is 1. The Morgan fingerprint density at radius 1 is 1.26 bits per heavy atom. The Labute approximate surface area is 109 Å². The number of nitrogens with zero attached hydrogens (tertiary/aromatic N) is 1. The van der Waals surface area contributed by atoms with Gasteiger partial charge in [0.15, 0.2) is 11.6 Å². The van der Waals surface area contributed by atoms with Gasteiger partial charge in [-0.05, 0) is 30.7 Å². The Hall–Kier alpha value is -2.17. The summed E-state index contributed by atoms with van der Waals surface area (Å²) in [5, 5.41) is 9.09. The van der Waals surface area contributed by atoms with Crippen molar-refractivity contribution in [2.75, 3.05) is 0 Å². The molecule has 0 aliphatic heterocycles. The molecule has 1 aromatic heterocycles. The van der Waals surface area contributed by atoms with Crippen LogP contribution in [0.3, 0.4) is 0 Å². The molecule has 3 nitrogen and oxygen atoms in total. The lowest BCUT2D eigenvalue weighted by Crippen LogP contribution is -2.10. The summed E-state index contributed by atoms with van der Waals surface area (Å²) in [6.45, 7) is 2.32. The fourth-order valence-corrected chi connectivity index (χ4v) is 2.06. The van der Waals surface area contributed by atoms with Crippen LogP contribution in [0.25, 0.3) is 11.3 Å². The van der Waals surface area contributed by atoms with E-state index in [4.69, 9.17) is 5.11 Å². The Kier molecular flexibility index (Phi) is 3.64. The smallest absolute Gasteiger partial charge is 0.352 e. The van der Waals surface area contributed by atoms with Crippen molar-refractivity contribution in [2.24, 2.45) is 0 Å². The largest absolute Gasteiger partial charge is 0.477 e. The lowest BCUT2D eigenvalue weighted by molar-refractivity contribution is 0.0685. The van der Waals surface area contributed by atoms with E-state index in [2.05, 4.69) is 0 Å². The van der Waals surface area contributed by atoms with Gasteiger partial charge in [-0.2, -0.15) is 0 Å². The van der Waals surface area contributed by atoms with E-state index in [1.165, 1.54) is 28.8 Å². The molecule has 0 spiro atoms. The number of rotatable bonds is 4. The van der Waals surface area contributed by atoms with Gasteiger partial charge in [0, 0.05) is 12.1 Å². The summed E-state index contributed by atoms with van der Waals surface area (Å²) in [5.41, 5.74) is 0.512. The summed E-state index contributed by atoms with van der Waals surface area (Å²) in [6.07, 6.45) is 0.693. The van der Waals surface area contributed by atoms with Crippen molar-refractivity contribution >= 4 is 5.97 Å². The normalized spacial score (nSPS) is 10.7. The van der Waals surface area contributed by atoms with Gasteiger partial charge in [-0.1, -0.05) is 13.0 Å². The van der Waals surface area contributed by atoms with E-state index in [0.717, 1.165) is 6.07 Å². The quantitative estimate of drug-likeness (QED) is 0.918. The van der Waals surface area contributed by atoms with Gasteiger partial charge in [0.05, 0.1) is 5.69 Å². The van der Waals surface area contributed by atoms with Crippen LogP contribution in [-0.2, 0) is 6.54 Å². The molecule has 0 aliphatic rings. The second kappa shape index (κ2) is 5.22. The number of aromatic nitrogens is 1. The molecule has 19 heavy (non-hydrogen) atoms. The molecule has 0 radical (unpaired) electrons. The van der Waals surface area contributed by atoms with Crippen molar-refractivity contribution in [2.45, 2.75) is 19.9 Å². The highest BCUT2D eigenvalue weighted by Crippen LogP contribution is 2.27. The van der Waals surface area contributed by atoms with Gasteiger partial charge in [-0.25, -0.2) is 13.6 Å². The van der Waals surface area contributed by atoms with Crippen molar-refractivity contribution in [3.8, 4) is 11.3 Å². The summed E-state index contributed by atoms with van der Waals surface area (Å²) in [5.74, 6) is -3.00. The fraction of sp³-hybridized carbons (Fsp3) is 0.214. The monoisotopic (exact) mass is 265 g/mol. The number of carboxylic acid groups (broad SMARTS) is 1. The molecule has 0 amide bonds. The number of halogens is 2. The lowest BCUT2D eigenvalue weighted by Gasteiger charge is -2.11. The highest BCUT2D eigenvalue weighted by atomic mass is 19.2. The van der Waals surface area contributed by atoms with Gasteiger partial charge in [-0.3, -0.25) is 0 Å². The first-order chi connectivity index (χ1) is 9.06. The van der Waals surface area contributed by atoms with E-state index in [1.807, 2.05) is 6.92 Å². The van der Waals surface area contributed by atoms with Gasteiger partial charge in [0.25, 0.3) is 0 Å². The van der Waals surface area contributed by atoms with Crippen LogP contribution in [-0.4, -0.2) is 15.6 Å². The summed E-state index contributed by atoms with van der Waals surface area (Å²) < 4.78 is 28.5. The van der Waals surface area contributed by atoms with Crippen LogP contribution in [0.5, 0.6) is 0 Å². The van der Waals surface area contributed by atoms with Gasteiger partial charge in [0.2, 0.25) is 0 Å². The number of aromatic carboxylic acids is 1. The van der Waals surface area contributed by atoms with Crippen LogP contribution in [0.4, 0.5) is 8.78 Å². The average molecular weight is 265 g/mol. The Balaban J connectivity index is 2.62. The van der Waals surface area contributed by atoms with E-state index in [0.29, 0.717) is 18.7 Å². The van der Waals surface area contributed by atoms with Crippen molar-refractivity contribution in [1.29, 1.82) is 0 Å². The van der Waals surface area contributed by atoms with Gasteiger partial charge >= 0.3 is 5.97 Å². The molecule has 2 aromatic rings. The maximum Gasteiger partial charge on any atom is 0.352 e. The summed E-state index contributed by atoms with van der Waals surface area (Å²) >= 11 is 0. The third-order valence-corrected chi connectivity index (χ3v) is 2.87. The zero-order valence-corrected chi connectivity index (χ0v) is 10.4. The van der Waals surface area contributed by atoms with E-state index in [9.17, 15) is 13.6 Å². The molecule has 5 heteroatoms. The first-order valence-corrected chi connectivity index (χ1v) is 5.93. The highest BCUT2D eigenvalue weighted by molar-refractivity contribution is 5.87. The Morgan fingerprint density at radius 3 is 2.63 bits per heavy atom. The molecule has 1 heterocycles. The maximum absolute atomic E-state index is 13.8. The van der Waals surface area contributed by atoms with Gasteiger partial charge in [-0.15, -0.1) is 0 Å². The zero-order chi connectivity index (χ0) is 14.0. The third kappa shape index (κ3) is 2.36. The van der Waals surface area contributed by atoms with Crippen LogP contribution in [0, 0.1) is 11.6 Å². The predicted molar refractivity (Wildman–Crippen MR) is 67.0 cm³/mol. The van der Waals surface area contributed by atoms with Gasteiger partial charge < -0.3 is 9.67 Å². The van der Waals surface area contributed by atoms with Crippen LogP contribution in [0.15, 0.2) is 30.3 Å². The molecule has 1 N–H and O–H groups in total. The average Bonchev–Trinajstić information content (AvgIpc) is 2.77. The third-order valence-electron chi connectivity index (χ3n) is 2.87. The number of carbonyl (C=O) groups is 1. The molecule has 0 saturated heterocycles. The van der Waals surface area contributed by atoms with Crippen LogP contribution >= 0.6 is 0 Å². The molecule has 0 fully saturated rings. The molecule has 0 bridgehead atoms. The number of hydrogen-bond donors (Lipinski definition) is 1. The molecule has 0 atom stereocenters. The van der Waals surface area contributed by atoms with Crippen molar-refractivity contribution < 1.29 is 18.7 Å². The molecule has 0 aliphatic carbocycles. The first-order valence-electron chi connectivity index (χ1n) is 5.93. The molecule has 1 aromatic carbocycles. The minimum Gasteiger partial charge on any atom is -0.477 e. The van der Waals surface area contributed by atoms with E-state index in [-0.39, 0.29) is 11.3 Å². The standard InChI is InChI=1S/C14H13F2NO2/c1-2-8-17-11(6-7-12(17)14(18)19)9-4-3-5-10(15)13(9)16/h3-7H,2,8H2,1H3,(H,18,19). The van der Waals surface area contributed by atoms with E-state index < -0.39 is 17.6 Å². The topological polar surface area (TPSA) is 42.2 Å². The highest BCUT2D eigenvalue weighted by Gasteiger charge is 2.18. The zero-order valence-electron chi connectivity index (χ0n) is 10.4. The number of benzene rings is 1. The molecular formula is C14H13F2NO2. The summed E-state index contributed by atoms with van der Waals surface area (Å²) in [7, 11) is 0. The minimum atomic E-state index is -1.09. The molecule has 2 rings (SSSR count). The SMILES string of the molecule is CCCn1c(C(=O)O)ccc1-c1cccc(F)c1F. The lowest BCUT2D eigenvalue weighted by atomic mass is 10.1. The second-order valence-corrected chi connectivity index (χ2v) is 4.16. The van der Waals surface area contributed by atoms with Crippen LogP contribution < -0.4 is 0 Å².